The topological polar surface area (TPSA) is 242 Å². The number of hydrogen-bond acceptors (Lipinski definition) is 7. The molecule has 40 heavy (non-hydrogen) atoms. The average Bonchev–Trinajstić information content (AvgIpc) is 3.56. The summed E-state index contributed by atoms with van der Waals surface area (Å²) >= 11 is 0. The number of nitrogens with two attached hydrogens (primary N) is 3. The van der Waals surface area contributed by atoms with Crippen molar-refractivity contribution in [3.8, 4) is 0 Å². The smallest absolute Gasteiger partial charge is 0.326 e. The van der Waals surface area contributed by atoms with Gasteiger partial charge in [-0.25, -0.2) is 4.79 Å². The molecule has 1 fully saturated rings. The van der Waals surface area contributed by atoms with Crippen molar-refractivity contribution in [1.82, 2.24) is 20.5 Å². The second-order valence-corrected chi connectivity index (χ2v) is 9.93. The Balaban J connectivity index is 1.80. The summed E-state index contributed by atoms with van der Waals surface area (Å²) in [4.78, 5) is 59.8. The first-order chi connectivity index (χ1) is 19.0. The summed E-state index contributed by atoms with van der Waals surface area (Å²) in [6.07, 6.45) is 1.97. The Morgan fingerprint density at radius 2 is 1.90 bits per heavy atom. The molecule has 14 nitrogen and oxygen atoms in total. The largest absolute Gasteiger partial charge is 0.480 e. The van der Waals surface area contributed by atoms with E-state index in [-0.39, 0.29) is 31.9 Å². The quantitative estimate of drug-likeness (QED) is 0.0810. The van der Waals surface area contributed by atoms with Crippen LogP contribution < -0.4 is 27.8 Å². The molecule has 14 heteroatoms. The van der Waals surface area contributed by atoms with E-state index in [2.05, 4.69) is 20.6 Å². The zero-order chi connectivity index (χ0) is 29.4. The first kappa shape index (κ1) is 30.4. The molecule has 3 rings (SSSR count). The van der Waals surface area contributed by atoms with Gasteiger partial charge in [0.2, 0.25) is 17.7 Å². The van der Waals surface area contributed by atoms with Crippen LogP contribution in [-0.2, 0) is 25.6 Å². The highest BCUT2D eigenvalue weighted by molar-refractivity contribution is 5.95. The van der Waals surface area contributed by atoms with Gasteiger partial charge in [0.15, 0.2) is 5.96 Å². The predicted molar refractivity (Wildman–Crippen MR) is 148 cm³/mol. The number of nitrogens with zero attached hydrogens (tertiary/aromatic N) is 2. The average molecular weight is 559 g/mol. The van der Waals surface area contributed by atoms with E-state index in [0.717, 1.165) is 16.5 Å². The van der Waals surface area contributed by atoms with Crippen LogP contribution in [0, 0.1) is 0 Å². The Labute approximate surface area is 231 Å². The molecular weight excluding hydrogens is 520 g/mol. The number of aromatic nitrogens is 1. The van der Waals surface area contributed by atoms with Crippen molar-refractivity contribution < 1.29 is 29.4 Å². The van der Waals surface area contributed by atoms with Gasteiger partial charge in [-0.2, -0.15) is 0 Å². The summed E-state index contributed by atoms with van der Waals surface area (Å²) < 4.78 is 0. The van der Waals surface area contributed by atoms with Gasteiger partial charge in [-0.3, -0.25) is 19.4 Å². The number of likely N-dealkylation sites (tertiary alicyclic amines) is 1. The number of hydrogen-bond donors (Lipinski definition) is 8. The van der Waals surface area contributed by atoms with E-state index >= 15 is 0 Å². The number of carbonyl (C=O) groups is 4. The lowest BCUT2D eigenvalue weighted by Gasteiger charge is -2.29. The van der Waals surface area contributed by atoms with Gasteiger partial charge in [-0.1, -0.05) is 18.2 Å². The number of aliphatic hydroxyl groups excluding tert-OH is 1. The molecular formula is C26H38N8O6. The molecule has 3 amide bonds. The zero-order valence-corrected chi connectivity index (χ0v) is 22.4. The number of benzene rings is 1. The lowest BCUT2D eigenvalue weighted by molar-refractivity contribution is -0.143. The van der Waals surface area contributed by atoms with Gasteiger partial charge in [0.05, 0.1) is 6.10 Å². The van der Waals surface area contributed by atoms with Crippen LogP contribution in [0.3, 0.4) is 0 Å². The highest BCUT2D eigenvalue weighted by Gasteiger charge is 2.39. The standard InChI is InChI=1S/C26H38N8O6/c1-14(35)21(27)24(38)34-11-5-9-20(34)23(37)33-19(12-15-13-31-17-7-3-2-6-16(15)17)22(36)32-18(25(39)40)8-4-10-30-26(28)29/h2-3,6-7,13-14,18-21,31,35H,4-5,8-12,27H2,1H3,(H,32,36)(H,33,37)(H,39,40)(H4,28,29,30). The number of nitrogens with one attached hydrogen (secondary N) is 3. The number of aliphatic hydroxyl groups is 1. The summed E-state index contributed by atoms with van der Waals surface area (Å²) in [5.74, 6) is -3.18. The molecule has 1 saturated heterocycles. The fourth-order valence-corrected chi connectivity index (χ4v) is 4.73. The molecule has 2 aromatic rings. The molecule has 1 aromatic heterocycles. The maximum absolute atomic E-state index is 13.4. The van der Waals surface area contributed by atoms with Crippen LogP contribution in [0.5, 0.6) is 0 Å². The van der Waals surface area contributed by atoms with Crippen molar-refractivity contribution in [1.29, 1.82) is 0 Å². The lowest BCUT2D eigenvalue weighted by atomic mass is 10.0. The SMILES string of the molecule is CC(O)C(N)C(=O)N1CCCC1C(=O)NC(Cc1c[nH]c2ccccc12)C(=O)NC(CCCN=C(N)N)C(=O)O. The van der Waals surface area contributed by atoms with E-state index in [9.17, 15) is 29.4 Å². The number of carboxylic acids is 1. The molecule has 5 unspecified atom stereocenters. The van der Waals surface area contributed by atoms with E-state index < -0.39 is 54.0 Å². The molecule has 5 atom stereocenters. The molecule has 2 heterocycles. The second-order valence-electron chi connectivity index (χ2n) is 9.93. The molecule has 1 aromatic carbocycles. The molecule has 1 aliphatic rings. The molecule has 218 valence electrons. The number of carboxylic acid groups (broad SMARTS) is 1. The highest BCUT2D eigenvalue weighted by Crippen LogP contribution is 2.21. The predicted octanol–water partition coefficient (Wildman–Crippen LogP) is -1.48. The van der Waals surface area contributed by atoms with Crippen molar-refractivity contribution in [2.45, 2.75) is 69.3 Å². The van der Waals surface area contributed by atoms with Crippen LogP contribution in [0.25, 0.3) is 10.9 Å². The summed E-state index contributed by atoms with van der Waals surface area (Å²) in [7, 11) is 0. The Kier molecular flexibility index (Phi) is 10.4. The Hall–Kier alpha value is -4.17. The summed E-state index contributed by atoms with van der Waals surface area (Å²) in [5.41, 5.74) is 18.0. The normalized spacial score (nSPS) is 18.0. The van der Waals surface area contributed by atoms with Gasteiger partial charge in [0.25, 0.3) is 0 Å². The molecule has 1 aliphatic heterocycles. The second kappa shape index (κ2) is 13.8. The monoisotopic (exact) mass is 558 g/mol. The Morgan fingerprint density at radius 3 is 2.58 bits per heavy atom. The maximum Gasteiger partial charge on any atom is 0.326 e. The number of aromatic amines is 1. The molecule has 0 aliphatic carbocycles. The van der Waals surface area contributed by atoms with Crippen LogP contribution in [-0.4, -0.2) is 93.1 Å². The summed E-state index contributed by atoms with van der Waals surface area (Å²) in [6.45, 7) is 1.87. The zero-order valence-electron chi connectivity index (χ0n) is 22.4. The lowest BCUT2D eigenvalue weighted by Crippen LogP contribution is -2.58. The van der Waals surface area contributed by atoms with Crippen LogP contribution in [0.15, 0.2) is 35.5 Å². The third-order valence-corrected chi connectivity index (χ3v) is 6.94. The number of guanidine groups is 1. The van der Waals surface area contributed by atoms with Crippen molar-refractivity contribution in [2.24, 2.45) is 22.2 Å². The fourth-order valence-electron chi connectivity index (χ4n) is 4.73. The third-order valence-electron chi connectivity index (χ3n) is 6.94. The van der Waals surface area contributed by atoms with Gasteiger partial charge in [-0.05, 0) is 44.2 Å². The van der Waals surface area contributed by atoms with Gasteiger partial charge in [0.1, 0.15) is 24.2 Å². The number of H-pyrrole nitrogens is 1. The number of fused-ring (bicyclic) bond motifs is 1. The number of rotatable bonds is 13. The minimum atomic E-state index is -1.24. The number of para-hydroxylation sites is 1. The number of aliphatic imine (C=N–C) groups is 1. The minimum Gasteiger partial charge on any atom is -0.480 e. The van der Waals surface area contributed by atoms with Crippen molar-refractivity contribution in [3.05, 3.63) is 36.0 Å². The van der Waals surface area contributed by atoms with Gasteiger partial charge < -0.3 is 47.9 Å². The number of carbonyl (C=O) groups excluding carboxylic acids is 3. The van der Waals surface area contributed by atoms with Crippen LogP contribution in [0.1, 0.15) is 38.2 Å². The van der Waals surface area contributed by atoms with Crippen LogP contribution in [0.4, 0.5) is 0 Å². The fraction of sp³-hybridized carbons (Fsp3) is 0.500. The van der Waals surface area contributed by atoms with Crippen LogP contribution >= 0.6 is 0 Å². The number of aliphatic carboxylic acids is 1. The van der Waals surface area contributed by atoms with Gasteiger partial charge >= 0.3 is 5.97 Å². The van der Waals surface area contributed by atoms with E-state index in [1.54, 1.807) is 6.20 Å². The third kappa shape index (κ3) is 7.70. The maximum atomic E-state index is 13.4. The molecule has 0 spiro atoms. The minimum absolute atomic E-state index is 0.0632. The van der Waals surface area contributed by atoms with E-state index in [4.69, 9.17) is 17.2 Å². The van der Waals surface area contributed by atoms with Crippen molar-refractivity contribution >= 4 is 40.6 Å². The van der Waals surface area contributed by atoms with E-state index in [1.165, 1.54) is 11.8 Å². The Morgan fingerprint density at radius 1 is 1.18 bits per heavy atom. The highest BCUT2D eigenvalue weighted by atomic mass is 16.4. The van der Waals surface area contributed by atoms with Crippen molar-refractivity contribution in [3.63, 3.8) is 0 Å². The summed E-state index contributed by atoms with van der Waals surface area (Å²) in [6, 6.07) is 3.00. The van der Waals surface area contributed by atoms with Gasteiger partial charge in [0, 0.05) is 36.6 Å². The number of amides is 3. The molecule has 0 saturated carbocycles. The van der Waals surface area contributed by atoms with Gasteiger partial charge in [-0.15, -0.1) is 0 Å². The van der Waals surface area contributed by atoms with Crippen molar-refractivity contribution in [2.75, 3.05) is 13.1 Å². The molecule has 0 radical (unpaired) electrons. The summed E-state index contributed by atoms with van der Waals surface area (Å²) in [5, 5.41) is 25.6. The first-order valence-electron chi connectivity index (χ1n) is 13.2. The van der Waals surface area contributed by atoms with E-state index in [1.807, 2.05) is 24.3 Å². The van der Waals surface area contributed by atoms with E-state index in [0.29, 0.717) is 19.3 Å². The Bertz CT molecular complexity index is 1240. The molecule has 0 bridgehead atoms. The first-order valence-corrected chi connectivity index (χ1v) is 13.2. The van der Waals surface area contributed by atoms with Crippen LogP contribution in [0.2, 0.25) is 0 Å². The molecule has 11 N–H and O–H groups in total.